The van der Waals surface area contributed by atoms with Gasteiger partial charge in [0.2, 0.25) is 5.91 Å². The van der Waals surface area contributed by atoms with Crippen molar-refractivity contribution in [2.75, 3.05) is 12.4 Å². The molecule has 9 heteroatoms. The van der Waals surface area contributed by atoms with Gasteiger partial charge in [-0.15, -0.1) is 10.2 Å². The predicted octanol–water partition coefficient (Wildman–Crippen LogP) is 5.07. The van der Waals surface area contributed by atoms with E-state index in [1.165, 1.54) is 11.8 Å². The van der Waals surface area contributed by atoms with Gasteiger partial charge in [-0.25, -0.2) is 0 Å². The van der Waals surface area contributed by atoms with Crippen LogP contribution in [0.5, 0.6) is 11.5 Å². The zero-order valence-electron chi connectivity index (χ0n) is 20.0. The van der Waals surface area contributed by atoms with Gasteiger partial charge in [-0.2, -0.15) is 5.26 Å². The molecule has 0 fully saturated rings. The van der Waals surface area contributed by atoms with Crippen LogP contribution in [-0.4, -0.2) is 33.0 Å². The van der Waals surface area contributed by atoms with Crippen LogP contribution >= 0.6 is 11.8 Å². The Balaban J connectivity index is 1.72. The minimum absolute atomic E-state index is 0.155. The summed E-state index contributed by atoms with van der Waals surface area (Å²) in [6, 6.07) is 16.2. The summed E-state index contributed by atoms with van der Waals surface area (Å²) in [7, 11) is 1.62. The van der Waals surface area contributed by atoms with Gasteiger partial charge in [0.25, 0.3) is 0 Å². The first-order valence-corrected chi connectivity index (χ1v) is 11.9. The Hall–Kier alpha value is -3.51. The van der Waals surface area contributed by atoms with Crippen LogP contribution in [0.25, 0.3) is 0 Å². The lowest BCUT2D eigenvalue weighted by atomic mass is 10.2. The van der Waals surface area contributed by atoms with Crippen molar-refractivity contribution < 1.29 is 14.3 Å². The Kier molecular flexibility index (Phi) is 8.55. The van der Waals surface area contributed by atoms with Gasteiger partial charge in [0, 0.05) is 12.2 Å². The van der Waals surface area contributed by atoms with Crippen LogP contribution in [0.2, 0.25) is 0 Å². The predicted molar refractivity (Wildman–Crippen MR) is 132 cm³/mol. The van der Waals surface area contributed by atoms with Gasteiger partial charge < -0.3 is 19.4 Å². The molecule has 0 aliphatic rings. The molecule has 0 radical (unpaired) electrons. The molecular formula is C25H29N5O3S. The standard InChI is InChI=1S/C25H29N5O3S/c1-16(2)15-30-23(17(3)33-22-12-10-21(32-5)11-13-22)28-29-25(30)34-18(4)24(31)27-20-8-6-19(14-26)7-9-20/h6-13,16-18H,15H2,1-5H3,(H,27,31). The van der Waals surface area contributed by atoms with E-state index in [0.717, 1.165) is 5.75 Å². The summed E-state index contributed by atoms with van der Waals surface area (Å²) in [4.78, 5) is 12.7. The molecule has 0 spiro atoms. The SMILES string of the molecule is COc1ccc(OC(C)c2nnc(SC(C)C(=O)Nc3ccc(C#N)cc3)n2CC(C)C)cc1. The lowest BCUT2D eigenvalue weighted by Crippen LogP contribution is -2.23. The zero-order chi connectivity index (χ0) is 24.7. The third-order valence-electron chi connectivity index (χ3n) is 4.96. The van der Waals surface area contributed by atoms with Crippen molar-refractivity contribution >= 4 is 23.4 Å². The molecule has 0 aliphatic heterocycles. The number of methoxy groups -OCH3 is 1. The number of hydrogen-bond acceptors (Lipinski definition) is 7. The number of nitriles is 1. The summed E-state index contributed by atoms with van der Waals surface area (Å²) in [6.45, 7) is 8.70. The van der Waals surface area contributed by atoms with Crippen LogP contribution in [0.4, 0.5) is 5.69 Å². The second kappa shape index (κ2) is 11.6. The fraction of sp³-hybridized carbons (Fsp3) is 0.360. The minimum Gasteiger partial charge on any atom is -0.497 e. The maximum atomic E-state index is 12.7. The third kappa shape index (κ3) is 6.51. The van der Waals surface area contributed by atoms with Crippen LogP contribution in [0.3, 0.4) is 0 Å². The quantitative estimate of drug-likeness (QED) is 0.405. The number of amides is 1. The highest BCUT2D eigenvalue weighted by molar-refractivity contribution is 8.00. The Bertz CT molecular complexity index is 1140. The molecule has 2 aromatic carbocycles. The minimum atomic E-state index is -0.406. The number of aromatic nitrogens is 3. The van der Waals surface area contributed by atoms with E-state index in [0.29, 0.717) is 40.4 Å². The highest BCUT2D eigenvalue weighted by atomic mass is 32.2. The van der Waals surface area contributed by atoms with Gasteiger partial charge in [-0.05, 0) is 68.3 Å². The number of benzene rings is 2. The average molecular weight is 480 g/mol. The van der Waals surface area contributed by atoms with Crippen molar-refractivity contribution in [1.29, 1.82) is 5.26 Å². The molecule has 178 valence electrons. The number of anilines is 1. The topological polar surface area (TPSA) is 102 Å². The molecule has 3 rings (SSSR count). The zero-order valence-corrected chi connectivity index (χ0v) is 20.8. The van der Waals surface area contributed by atoms with Crippen molar-refractivity contribution in [1.82, 2.24) is 14.8 Å². The van der Waals surface area contributed by atoms with E-state index in [1.54, 1.807) is 31.4 Å². The Morgan fingerprint density at radius 3 is 2.29 bits per heavy atom. The van der Waals surface area contributed by atoms with Crippen LogP contribution in [0, 0.1) is 17.2 Å². The fourth-order valence-corrected chi connectivity index (χ4v) is 4.08. The first-order valence-electron chi connectivity index (χ1n) is 11.0. The molecule has 0 saturated heterocycles. The number of carbonyl (C=O) groups excluding carboxylic acids is 1. The highest BCUT2D eigenvalue weighted by Gasteiger charge is 2.24. The van der Waals surface area contributed by atoms with Crippen molar-refractivity contribution in [3.8, 4) is 17.6 Å². The molecule has 8 nitrogen and oxygen atoms in total. The molecule has 2 unspecified atom stereocenters. The van der Waals surface area contributed by atoms with Gasteiger partial charge in [-0.1, -0.05) is 25.6 Å². The van der Waals surface area contributed by atoms with Gasteiger partial charge in [0.05, 0.1) is 24.0 Å². The Morgan fingerprint density at radius 1 is 1.06 bits per heavy atom. The molecule has 1 N–H and O–H groups in total. The smallest absolute Gasteiger partial charge is 0.237 e. The second-order valence-corrected chi connectivity index (χ2v) is 9.53. The van der Waals surface area contributed by atoms with Crippen LogP contribution in [0.15, 0.2) is 53.7 Å². The lowest BCUT2D eigenvalue weighted by molar-refractivity contribution is -0.115. The molecule has 0 saturated carbocycles. The number of rotatable bonds is 10. The number of nitrogens with one attached hydrogen (secondary N) is 1. The fourth-order valence-electron chi connectivity index (χ4n) is 3.22. The van der Waals surface area contributed by atoms with Crippen molar-refractivity contribution in [3.05, 3.63) is 59.9 Å². The lowest BCUT2D eigenvalue weighted by Gasteiger charge is -2.19. The number of thioether (sulfide) groups is 1. The molecule has 1 heterocycles. The second-order valence-electron chi connectivity index (χ2n) is 8.22. The first kappa shape index (κ1) is 25.1. The molecule has 34 heavy (non-hydrogen) atoms. The van der Waals surface area contributed by atoms with E-state index in [4.69, 9.17) is 14.7 Å². The van der Waals surface area contributed by atoms with Gasteiger partial charge in [0.1, 0.15) is 11.5 Å². The molecule has 3 aromatic rings. The van der Waals surface area contributed by atoms with E-state index in [-0.39, 0.29) is 12.0 Å². The molecule has 1 aromatic heterocycles. The first-order chi connectivity index (χ1) is 16.3. The van der Waals surface area contributed by atoms with Gasteiger partial charge in [0.15, 0.2) is 17.1 Å². The summed E-state index contributed by atoms with van der Waals surface area (Å²) in [5.74, 6) is 2.36. The number of hydrogen-bond donors (Lipinski definition) is 1. The van der Waals surface area contributed by atoms with Crippen LogP contribution < -0.4 is 14.8 Å². The summed E-state index contributed by atoms with van der Waals surface area (Å²) in [6.07, 6.45) is -0.336. The molecule has 0 aliphatic carbocycles. The van der Waals surface area contributed by atoms with Gasteiger partial charge >= 0.3 is 0 Å². The molecule has 0 bridgehead atoms. The third-order valence-corrected chi connectivity index (χ3v) is 6.04. The van der Waals surface area contributed by atoms with E-state index < -0.39 is 5.25 Å². The number of nitrogens with zero attached hydrogens (tertiary/aromatic N) is 4. The van der Waals surface area contributed by atoms with Gasteiger partial charge in [-0.3, -0.25) is 4.79 Å². The molecule has 1 amide bonds. The summed E-state index contributed by atoms with van der Waals surface area (Å²) in [5, 5.41) is 20.8. The van der Waals surface area contributed by atoms with Crippen LogP contribution in [0.1, 0.15) is 45.2 Å². The monoisotopic (exact) mass is 479 g/mol. The maximum Gasteiger partial charge on any atom is 0.237 e. The van der Waals surface area contributed by atoms with Crippen molar-refractivity contribution in [2.45, 2.75) is 50.8 Å². The summed E-state index contributed by atoms with van der Waals surface area (Å²) in [5.41, 5.74) is 1.18. The van der Waals surface area contributed by atoms with Crippen molar-refractivity contribution in [2.24, 2.45) is 5.92 Å². The number of ether oxygens (including phenoxy) is 2. The van der Waals surface area contributed by atoms with Crippen molar-refractivity contribution in [3.63, 3.8) is 0 Å². The van der Waals surface area contributed by atoms with E-state index in [9.17, 15) is 4.79 Å². The van der Waals surface area contributed by atoms with E-state index in [1.807, 2.05) is 42.7 Å². The summed E-state index contributed by atoms with van der Waals surface area (Å²) < 4.78 is 13.3. The van der Waals surface area contributed by atoms with Crippen LogP contribution in [-0.2, 0) is 11.3 Å². The van der Waals surface area contributed by atoms with E-state index >= 15 is 0 Å². The summed E-state index contributed by atoms with van der Waals surface area (Å²) >= 11 is 1.35. The highest BCUT2D eigenvalue weighted by Crippen LogP contribution is 2.29. The maximum absolute atomic E-state index is 12.7. The average Bonchev–Trinajstić information content (AvgIpc) is 3.21. The molecular weight excluding hydrogens is 450 g/mol. The largest absolute Gasteiger partial charge is 0.497 e. The number of carbonyl (C=O) groups is 1. The van der Waals surface area contributed by atoms with E-state index in [2.05, 4.69) is 35.4 Å². The Labute approximate surface area is 204 Å². The normalized spacial score (nSPS) is 12.6. The Morgan fingerprint density at radius 2 is 1.71 bits per heavy atom. The molecule has 2 atom stereocenters.